The number of carbonyl (C=O) groups excluding carboxylic acids is 2. The molecule has 10 heteroatoms. The molecule has 0 bridgehead atoms. The van der Waals surface area contributed by atoms with Gasteiger partial charge in [-0.3, -0.25) is 23.9 Å². The monoisotopic (exact) mass is 549 g/mol. The number of thiocarbonyl (C=S) groups is 1. The summed E-state index contributed by atoms with van der Waals surface area (Å²) in [5.74, 6) is -1.39. The second-order valence-corrected chi connectivity index (χ2v) is 10.3. The predicted molar refractivity (Wildman–Crippen MR) is 148 cm³/mol. The van der Waals surface area contributed by atoms with Crippen molar-refractivity contribution in [2.45, 2.75) is 19.9 Å². The van der Waals surface area contributed by atoms with E-state index in [1.165, 1.54) is 11.8 Å². The Balaban J connectivity index is 1.60. The van der Waals surface area contributed by atoms with Gasteiger partial charge >= 0.3 is 0 Å². The van der Waals surface area contributed by atoms with Gasteiger partial charge in [0.15, 0.2) is 5.78 Å². The number of carbonyl (C=O) groups is 2. The number of pyridine rings is 1. The topological polar surface area (TPSA) is 103 Å². The Morgan fingerprint density at radius 2 is 1.84 bits per heavy atom. The normalized spacial score (nSPS) is 14.3. The highest BCUT2D eigenvalue weighted by Gasteiger charge is 2.33. The molecule has 3 aromatic rings. The van der Waals surface area contributed by atoms with Gasteiger partial charge in [0.25, 0.3) is 11.5 Å². The molecule has 0 atom stereocenters. The molecule has 0 unspecified atom stereocenters. The minimum Gasteiger partial charge on any atom is -0.494 e. The van der Waals surface area contributed by atoms with Crippen molar-refractivity contribution in [3.05, 3.63) is 103 Å². The second-order valence-electron chi connectivity index (χ2n) is 8.21. The van der Waals surface area contributed by atoms with Crippen LogP contribution >= 0.6 is 35.6 Å². The van der Waals surface area contributed by atoms with Crippen molar-refractivity contribution in [3.8, 4) is 11.9 Å². The van der Waals surface area contributed by atoms with Crippen LogP contribution in [0.3, 0.4) is 0 Å². The summed E-state index contributed by atoms with van der Waals surface area (Å²) in [5.41, 5.74) is 0.356. The van der Waals surface area contributed by atoms with Crippen LogP contribution in [0.4, 0.5) is 0 Å². The van der Waals surface area contributed by atoms with Crippen LogP contribution in [0.15, 0.2) is 64.3 Å². The van der Waals surface area contributed by atoms with Crippen molar-refractivity contribution in [1.29, 1.82) is 5.26 Å². The van der Waals surface area contributed by atoms with E-state index in [4.69, 9.17) is 23.8 Å². The maximum atomic E-state index is 13.3. The molecule has 0 spiro atoms. The van der Waals surface area contributed by atoms with Gasteiger partial charge < -0.3 is 5.11 Å². The van der Waals surface area contributed by atoms with Gasteiger partial charge in [-0.25, -0.2) is 0 Å². The zero-order valence-electron chi connectivity index (χ0n) is 19.6. The third kappa shape index (κ3) is 5.37. The standard InChI is InChI=1S/C27H20ClN3O4S2/c1-16-19(14-29)24(33)31(15-18-9-5-6-10-20(18)28)26(35)23(16)21(32)11-12-30-25(34)22(37-27(30)36)13-17-7-3-2-4-8-17/h2-10,13,35H,11-12,15H2,1H3/b22-13-. The molecule has 1 saturated heterocycles. The maximum absolute atomic E-state index is 13.3. The van der Waals surface area contributed by atoms with Crippen molar-refractivity contribution in [3.63, 3.8) is 0 Å². The number of hydrogen-bond donors (Lipinski definition) is 1. The minimum absolute atomic E-state index is 0.0139. The highest BCUT2D eigenvalue weighted by atomic mass is 35.5. The third-order valence-electron chi connectivity index (χ3n) is 5.90. The molecule has 2 aromatic carbocycles. The van der Waals surface area contributed by atoms with Crippen LogP contribution in [0.25, 0.3) is 6.08 Å². The number of thioether (sulfide) groups is 1. The van der Waals surface area contributed by atoms with Gasteiger partial charge in [0.05, 0.1) is 17.0 Å². The average molecular weight is 550 g/mol. The predicted octanol–water partition coefficient (Wildman–Crippen LogP) is 4.91. The lowest BCUT2D eigenvalue weighted by Gasteiger charge is -2.18. The molecule has 0 saturated carbocycles. The Hall–Kier alpha value is -3.71. The first-order valence-corrected chi connectivity index (χ1v) is 12.8. The van der Waals surface area contributed by atoms with Crippen LogP contribution < -0.4 is 5.56 Å². The molecule has 186 valence electrons. The zero-order valence-corrected chi connectivity index (χ0v) is 22.0. The number of benzene rings is 2. The molecule has 1 aliphatic rings. The van der Waals surface area contributed by atoms with E-state index in [1.807, 2.05) is 36.4 Å². The number of rotatable bonds is 7. The summed E-state index contributed by atoms with van der Waals surface area (Å²) in [6.07, 6.45) is 1.56. The van der Waals surface area contributed by atoms with Crippen LogP contribution in [0.1, 0.15) is 39.0 Å². The van der Waals surface area contributed by atoms with Gasteiger partial charge in [-0.1, -0.05) is 84.1 Å². The summed E-state index contributed by atoms with van der Waals surface area (Å²) in [5, 5.41) is 20.9. The maximum Gasteiger partial charge on any atom is 0.271 e. The number of amides is 1. The number of nitrogens with zero attached hydrogens (tertiary/aromatic N) is 3. The highest BCUT2D eigenvalue weighted by molar-refractivity contribution is 8.26. The lowest BCUT2D eigenvalue weighted by atomic mass is 9.99. The molecule has 7 nitrogen and oxygen atoms in total. The molecule has 4 rings (SSSR count). The number of aromatic hydroxyl groups is 1. The van der Waals surface area contributed by atoms with Crippen LogP contribution in [0.5, 0.6) is 5.88 Å². The Morgan fingerprint density at radius 1 is 1.16 bits per heavy atom. The Kier molecular flexibility index (Phi) is 7.93. The van der Waals surface area contributed by atoms with Crippen LogP contribution in [-0.4, -0.2) is 37.1 Å². The van der Waals surface area contributed by atoms with Crippen LogP contribution in [0.2, 0.25) is 5.02 Å². The summed E-state index contributed by atoms with van der Waals surface area (Å²) >= 11 is 12.7. The molecule has 1 N–H and O–H groups in total. The summed E-state index contributed by atoms with van der Waals surface area (Å²) in [7, 11) is 0. The summed E-state index contributed by atoms with van der Waals surface area (Å²) in [4.78, 5) is 40.9. The molecule has 1 amide bonds. The molecule has 0 aliphatic carbocycles. The zero-order chi connectivity index (χ0) is 26.7. The van der Waals surface area contributed by atoms with Crippen molar-refractivity contribution >= 4 is 57.7 Å². The summed E-state index contributed by atoms with van der Waals surface area (Å²) < 4.78 is 1.28. The van der Waals surface area contributed by atoms with E-state index in [0.717, 1.165) is 21.9 Å². The molecule has 2 heterocycles. The lowest BCUT2D eigenvalue weighted by Crippen LogP contribution is -2.31. The first-order chi connectivity index (χ1) is 17.7. The number of aromatic nitrogens is 1. The van der Waals surface area contributed by atoms with Gasteiger partial charge in [0.1, 0.15) is 16.0 Å². The average Bonchev–Trinajstić information content (AvgIpc) is 3.14. The SMILES string of the molecule is Cc1c(C(=O)CCN2C(=O)/C(=C/c3ccccc3)SC2=S)c(O)n(Cc2ccccc2Cl)c(=O)c1C#N. The minimum atomic E-state index is -0.725. The first kappa shape index (κ1) is 26.4. The van der Waals surface area contributed by atoms with Gasteiger partial charge in [-0.2, -0.15) is 5.26 Å². The fourth-order valence-corrected chi connectivity index (χ4v) is 5.46. The van der Waals surface area contributed by atoms with Crippen LogP contribution in [-0.2, 0) is 11.3 Å². The molecule has 1 fully saturated rings. The van der Waals surface area contributed by atoms with Crippen LogP contribution in [0, 0.1) is 18.3 Å². The third-order valence-corrected chi connectivity index (χ3v) is 7.65. The van der Waals surface area contributed by atoms with Gasteiger partial charge in [-0.05, 0) is 35.8 Å². The van der Waals surface area contributed by atoms with Gasteiger partial charge in [0, 0.05) is 18.0 Å². The van der Waals surface area contributed by atoms with E-state index in [1.54, 1.807) is 30.3 Å². The Bertz CT molecular complexity index is 1560. The number of Topliss-reactive ketones (excluding diaryl/α,β-unsaturated/α-hetero) is 1. The fraction of sp³-hybridized carbons (Fsp3) is 0.148. The molecular weight excluding hydrogens is 530 g/mol. The van der Waals surface area contributed by atoms with Crippen molar-refractivity contribution in [2.75, 3.05) is 6.54 Å². The number of hydrogen-bond acceptors (Lipinski definition) is 7. The fourth-order valence-electron chi connectivity index (χ4n) is 3.96. The van der Waals surface area contributed by atoms with E-state index in [-0.39, 0.29) is 42.1 Å². The quantitative estimate of drug-likeness (QED) is 0.254. The smallest absolute Gasteiger partial charge is 0.271 e. The van der Waals surface area contributed by atoms with E-state index in [9.17, 15) is 24.8 Å². The Morgan fingerprint density at radius 3 is 2.51 bits per heavy atom. The summed E-state index contributed by atoms with van der Waals surface area (Å²) in [6, 6.07) is 17.9. The lowest BCUT2D eigenvalue weighted by molar-refractivity contribution is -0.122. The second kappa shape index (κ2) is 11.1. The summed E-state index contributed by atoms with van der Waals surface area (Å²) in [6.45, 7) is 1.30. The van der Waals surface area contributed by atoms with Gasteiger partial charge in [-0.15, -0.1) is 0 Å². The first-order valence-electron chi connectivity index (χ1n) is 11.2. The molecule has 0 radical (unpaired) electrons. The largest absolute Gasteiger partial charge is 0.494 e. The molecule has 1 aromatic heterocycles. The number of ketones is 1. The van der Waals surface area contributed by atoms with Crippen molar-refractivity contribution < 1.29 is 14.7 Å². The van der Waals surface area contributed by atoms with E-state index in [2.05, 4.69) is 0 Å². The number of nitriles is 1. The molecule has 37 heavy (non-hydrogen) atoms. The molecular formula is C27H20ClN3O4S2. The van der Waals surface area contributed by atoms with Gasteiger partial charge in [0.2, 0.25) is 5.88 Å². The molecule has 1 aliphatic heterocycles. The van der Waals surface area contributed by atoms with Crippen molar-refractivity contribution in [2.24, 2.45) is 0 Å². The van der Waals surface area contributed by atoms with E-state index >= 15 is 0 Å². The number of halogens is 1. The van der Waals surface area contributed by atoms with E-state index in [0.29, 0.717) is 19.8 Å². The van der Waals surface area contributed by atoms with E-state index < -0.39 is 17.2 Å². The highest BCUT2D eigenvalue weighted by Crippen LogP contribution is 2.33. The van der Waals surface area contributed by atoms with Crippen molar-refractivity contribution in [1.82, 2.24) is 9.47 Å². The Labute approximate surface area is 227 Å².